The van der Waals surface area contributed by atoms with Gasteiger partial charge in [0.1, 0.15) is 5.65 Å². The number of anilines is 1. The van der Waals surface area contributed by atoms with Crippen LogP contribution in [0.1, 0.15) is 21.6 Å². The molecule has 1 aliphatic heterocycles. The Labute approximate surface area is 168 Å². The fourth-order valence-electron chi connectivity index (χ4n) is 3.02. The van der Waals surface area contributed by atoms with Gasteiger partial charge in [-0.3, -0.25) is 4.79 Å². The van der Waals surface area contributed by atoms with Crippen LogP contribution in [-0.4, -0.2) is 15.3 Å². The van der Waals surface area contributed by atoms with Crippen molar-refractivity contribution in [3.05, 3.63) is 95.7 Å². The Hall–Kier alpha value is -3.45. The van der Waals surface area contributed by atoms with Crippen molar-refractivity contribution in [1.29, 1.82) is 0 Å². The number of carbonyl (C=O) groups excluding carboxylic acids is 1. The van der Waals surface area contributed by atoms with Gasteiger partial charge in [-0.15, -0.1) is 0 Å². The molecule has 0 fully saturated rings. The summed E-state index contributed by atoms with van der Waals surface area (Å²) >= 11 is 4.09. The molecule has 3 heterocycles. The van der Waals surface area contributed by atoms with Gasteiger partial charge in [0.2, 0.25) is 0 Å². The Morgan fingerprint density at radius 1 is 1.29 bits per heavy atom. The van der Waals surface area contributed by atoms with Crippen LogP contribution in [0.2, 0.25) is 0 Å². The van der Waals surface area contributed by atoms with Crippen molar-refractivity contribution in [3.63, 3.8) is 0 Å². The number of allylic oxidation sites excluding steroid dienone is 2. The number of imidazole rings is 1. The van der Waals surface area contributed by atoms with E-state index in [1.54, 1.807) is 12.3 Å². The molecule has 0 aliphatic carbocycles. The third-order valence-corrected chi connectivity index (χ3v) is 4.75. The van der Waals surface area contributed by atoms with Gasteiger partial charge < -0.3 is 19.8 Å². The number of pyridine rings is 1. The second-order valence-corrected chi connectivity index (χ2v) is 6.54. The van der Waals surface area contributed by atoms with E-state index in [-0.39, 0.29) is 5.91 Å². The predicted octanol–water partition coefficient (Wildman–Crippen LogP) is 3.54. The van der Waals surface area contributed by atoms with E-state index in [4.69, 9.17) is 0 Å². The zero-order valence-corrected chi connectivity index (χ0v) is 15.9. The first-order valence-corrected chi connectivity index (χ1v) is 9.18. The molecule has 0 atom stereocenters. The number of rotatable bonds is 4. The van der Waals surface area contributed by atoms with Crippen molar-refractivity contribution in [2.45, 2.75) is 6.54 Å². The lowest BCUT2D eigenvalue weighted by Gasteiger charge is -2.17. The Kier molecular flexibility index (Phi) is 4.90. The minimum Gasteiger partial charge on any atom is -0.354 e. The minimum atomic E-state index is -0.157. The van der Waals surface area contributed by atoms with Crippen LogP contribution in [0.5, 0.6) is 0 Å². The molecular formula is C21H19N5OS. The van der Waals surface area contributed by atoms with Crippen molar-refractivity contribution in [2.24, 2.45) is 0 Å². The summed E-state index contributed by atoms with van der Waals surface area (Å²) in [6, 6.07) is 11.3. The molecule has 3 aromatic rings. The number of fused-ring (bicyclic) bond motifs is 2. The quantitative estimate of drug-likeness (QED) is 0.515. The lowest BCUT2D eigenvalue weighted by molar-refractivity contribution is 0.0950. The van der Waals surface area contributed by atoms with E-state index >= 15 is 0 Å². The highest BCUT2D eigenvalue weighted by atomic mass is 32.1. The Morgan fingerprint density at radius 2 is 2.18 bits per heavy atom. The van der Waals surface area contributed by atoms with Crippen LogP contribution in [-0.2, 0) is 6.54 Å². The van der Waals surface area contributed by atoms with Gasteiger partial charge in [-0.1, -0.05) is 43.7 Å². The molecule has 0 saturated carbocycles. The summed E-state index contributed by atoms with van der Waals surface area (Å²) in [5.41, 5.74) is 5.53. The van der Waals surface area contributed by atoms with Gasteiger partial charge in [0, 0.05) is 17.4 Å². The Bertz CT molecular complexity index is 1130. The van der Waals surface area contributed by atoms with E-state index in [0.29, 0.717) is 17.8 Å². The Morgan fingerprint density at radius 3 is 3.04 bits per heavy atom. The molecule has 140 valence electrons. The number of benzene rings is 1. The average Bonchev–Trinajstić information content (AvgIpc) is 3.12. The standard InChI is InChI=1S/C21H19N5OS/c1-14-18(25-28)6-4-5-15-8-9-16(11-19(15)24-14)21(27)23-13-17-12-22-20-7-2-3-10-26(17)20/h2-12,24-25,28H,1,13H2,(H,23,27)/b5-4-,18-6?. The molecule has 0 radical (unpaired) electrons. The number of aromatic nitrogens is 2. The van der Waals surface area contributed by atoms with Crippen molar-refractivity contribution in [3.8, 4) is 0 Å². The number of hydrogen-bond donors (Lipinski definition) is 4. The highest BCUT2D eigenvalue weighted by Gasteiger charge is 2.12. The van der Waals surface area contributed by atoms with Gasteiger partial charge in [0.15, 0.2) is 0 Å². The van der Waals surface area contributed by atoms with Crippen LogP contribution in [0.25, 0.3) is 11.7 Å². The van der Waals surface area contributed by atoms with Gasteiger partial charge in [0.05, 0.1) is 29.8 Å². The summed E-state index contributed by atoms with van der Waals surface area (Å²) in [6.07, 6.45) is 9.44. The van der Waals surface area contributed by atoms with E-state index in [1.165, 1.54) is 0 Å². The first-order chi connectivity index (χ1) is 13.7. The second-order valence-electron chi connectivity index (χ2n) is 6.32. The number of thiol groups is 1. The van der Waals surface area contributed by atoms with Crippen molar-refractivity contribution >= 4 is 36.1 Å². The van der Waals surface area contributed by atoms with E-state index in [1.807, 2.05) is 59.2 Å². The number of hydrogen-bond acceptors (Lipinski definition) is 5. The maximum absolute atomic E-state index is 12.7. The average molecular weight is 389 g/mol. The van der Waals surface area contributed by atoms with E-state index in [9.17, 15) is 4.79 Å². The van der Waals surface area contributed by atoms with Crippen molar-refractivity contribution in [1.82, 2.24) is 19.4 Å². The molecule has 1 aliphatic rings. The molecule has 0 saturated heterocycles. The molecule has 0 bridgehead atoms. The third-order valence-electron chi connectivity index (χ3n) is 4.51. The molecule has 2 aromatic heterocycles. The van der Waals surface area contributed by atoms with Crippen molar-refractivity contribution < 1.29 is 4.79 Å². The van der Waals surface area contributed by atoms with E-state index in [2.05, 4.69) is 39.7 Å². The summed E-state index contributed by atoms with van der Waals surface area (Å²) in [4.78, 5) is 17.0. The minimum absolute atomic E-state index is 0.157. The van der Waals surface area contributed by atoms with Crippen molar-refractivity contribution in [2.75, 3.05) is 5.32 Å². The molecule has 0 spiro atoms. The molecule has 6 nitrogen and oxygen atoms in total. The van der Waals surface area contributed by atoms with E-state index in [0.717, 1.165) is 28.3 Å². The topological polar surface area (TPSA) is 70.5 Å². The highest BCUT2D eigenvalue weighted by Crippen LogP contribution is 2.24. The molecule has 3 N–H and O–H groups in total. The number of nitrogens with zero attached hydrogens (tertiary/aromatic N) is 2. The molecule has 28 heavy (non-hydrogen) atoms. The molecule has 1 amide bonds. The SMILES string of the molecule is C=C1Nc2cc(C(=O)NCc3cnc4ccccn34)ccc2/C=C\C=C1NS. The zero-order valence-electron chi connectivity index (χ0n) is 15.0. The fraction of sp³-hybridized carbons (Fsp3) is 0.0476. The summed E-state index contributed by atoms with van der Waals surface area (Å²) in [7, 11) is 0. The van der Waals surface area contributed by atoms with Gasteiger partial charge in [-0.25, -0.2) is 4.98 Å². The molecule has 1 aromatic carbocycles. The fourth-order valence-corrected chi connectivity index (χ4v) is 3.23. The molecule has 0 unspecified atom stereocenters. The monoisotopic (exact) mass is 389 g/mol. The highest BCUT2D eigenvalue weighted by molar-refractivity contribution is 7.78. The maximum atomic E-state index is 12.7. The predicted molar refractivity (Wildman–Crippen MR) is 115 cm³/mol. The lowest BCUT2D eigenvalue weighted by Crippen LogP contribution is -2.23. The van der Waals surface area contributed by atoms with Gasteiger partial charge in [-0.05, 0) is 35.9 Å². The van der Waals surface area contributed by atoms with Gasteiger partial charge in [-0.2, -0.15) is 0 Å². The van der Waals surface area contributed by atoms with Crippen LogP contribution in [0.3, 0.4) is 0 Å². The Balaban J connectivity index is 1.52. The number of amides is 1. The normalized spacial score (nSPS) is 14.3. The largest absolute Gasteiger partial charge is 0.354 e. The third kappa shape index (κ3) is 3.52. The maximum Gasteiger partial charge on any atom is 0.251 e. The van der Waals surface area contributed by atoms with Crippen LogP contribution in [0.4, 0.5) is 5.69 Å². The summed E-state index contributed by atoms with van der Waals surface area (Å²) in [5, 5.41) is 6.19. The molecule has 7 heteroatoms. The first kappa shape index (κ1) is 17.9. The van der Waals surface area contributed by atoms with Crippen LogP contribution in [0.15, 0.2) is 78.9 Å². The smallest absolute Gasteiger partial charge is 0.251 e. The van der Waals surface area contributed by atoms with Crippen LogP contribution < -0.4 is 15.4 Å². The van der Waals surface area contributed by atoms with Gasteiger partial charge in [0.25, 0.3) is 5.91 Å². The summed E-state index contributed by atoms with van der Waals surface area (Å²) < 4.78 is 4.75. The summed E-state index contributed by atoms with van der Waals surface area (Å²) in [5.74, 6) is -0.157. The van der Waals surface area contributed by atoms with Crippen LogP contribution >= 0.6 is 12.8 Å². The summed E-state index contributed by atoms with van der Waals surface area (Å²) in [6.45, 7) is 4.39. The lowest BCUT2D eigenvalue weighted by atomic mass is 10.1. The molecule has 4 rings (SSSR count). The number of carbonyl (C=O) groups is 1. The van der Waals surface area contributed by atoms with E-state index < -0.39 is 0 Å². The van der Waals surface area contributed by atoms with Crippen LogP contribution in [0, 0.1) is 0 Å². The second kappa shape index (κ2) is 7.66. The molecular weight excluding hydrogens is 370 g/mol. The van der Waals surface area contributed by atoms with Gasteiger partial charge >= 0.3 is 0 Å². The first-order valence-electron chi connectivity index (χ1n) is 8.74. The zero-order chi connectivity index (χ0) is 19.5. The number of nitrogens with one attached hydrogen (secondary N) is 3.